The van der Waals surface area contributed by atoms with Gasteiger partial charge < -0.3 is 18.0 Å². The van der Waals surface area contributed by atoms with Crippen LogP contribution in [0.3, 0.4) is 0 Å². The lowest BCUT2D eigenvalue weighted by molar-refractivity contribution is 0.667. The van der Waals surface area contributed by atoms with E-state index in [0.29, 0.717) is 0 Å². The molecule has 0 N–H and O–H groups in total. The van der Waals surface area contributed by atoms with E-state index in [2.05, 4.69) is 410 Å². The summed E-state index contributed by atoms with van der Waals surface area (Å²) < 4.78 is 24.4. The molecule has 0 fully saturated rings. The Morgan fingerprint density at radius 1 is 0.167 bits per heavy atom. The highest BCUT2D eigenvalue weighted by molar-refractivity contribution is 7.26. The summed E-state index contributed by atoms with van der Waals surface area (Å²) in [7, 11) is 0. The van der Waals surface area contributed by atoms with Gasteiger partial charge in [-0.2, -0.15) is 0 Å². The summed E-state index contributed by atoms with van der Waals surface area (Å²) >= 11 is 3.71. The molecule has 114 heavy (non-hydrogen) atoms. The van der Waals surface area contributed by atoms with Crippen LogP contribution in [0.25, 0.3) is 228 Å². The molecule has 6 heterocycles. The summed E-state index contributed by atoms with van der Waals surface area (Å²) in [6.45, 7) is 0. The lowest BCUT2D eigenvalue weighted by Crippen LogP contribution is -1.94. The van der Waals surface area contributed by atoms with Gasteiger partial charge in [-0.1, -0.05) is 285 Å². The summed E-state index contributed by atoms with van der Waals surface area (Å²) in [6.07, 6.45) is 0. The summed E-state index contributed by atoms with van der Waals surface area (Å²) in [6, 6.07) is 145. The van der Waals surface area contributed by atoms with Gasteiger partial charge in [0.05, 0.1) is 33.4 Å². The van der Waals surface area contributed by atoms with Gasteiger partial charge in [0, 0.05) is 94.6 Å². The smallest absolute Gasteiger partial charge is 0.159 e. The van der Waals surface area contributed by atoms with Gasteiger partial charge in [0.15, 0.2) is 11.2 Å². The predicted octanol–water partition coefficient (Wildman–Crippen LogP) is 31.4. The number of benzene rings is 18. The Labute approximate surface area is 664 Å². The van der Waals surface area contributed by atoms with Crippen LogP contribution in [0.2, 0.25) is 0 Å². The zero-order chi connectivity index (χ0) is 74.9. The molecule has 0 saturated carbocycles. The minimum absolute atomic E-state index is 0.874. The van der Waals surface area contributed by atoms with E-state index in [9.17, 15) is 0 Å². The van der Waals surface area contributed by atoms with Crippen LogP contribution in [0, 0.1) is 0 Å². The molecule has 0 atom stereocenters. The average Bonchev–Trinajstić information content (AvgIpc) is 1.57. The van der Waals surface area contributed by atoms with E-state index in [-0.39, 0.29) is 0 Å². The number of hydrogen-bond acceptors (Lipinski definition) is 4. The Balaban J connectivity index is 0.000000135. The highest BCUT2D eigenvalue weighted by Crippen LogP contribution is 2.50. The van der Waals surface area contributed by atoms with Crippen LogP contribution in [0.15, 0.2) is 409 Å². The molecule has 0 aliphatic rings. The highest BCUT2D eigenvalue weighted by atomic mass is 32.1. The maximum absolute atomic E-state index is 7.19. The number of thiophene rings is 2. The number of fused-ring (bicyclic) bond motifs is 18. The molecule has 24 aromatic rings. The number of furan rings is 2. The quantitative estimate of drug-likeness (QED) is 0.137. The van der Waals surface area contributed by atoms with Crippen LogP contribution in [-0.2, 0) is 0 Å². The second-order valence-corrected chi connectivity index (χ2v) is 31.9. The van der Waals surface area contributed by atoms with Gasteiger partial charge in [0.2, 0.25) is 0 Å². The highest BCUT2D eigenvalue weighted by Gasteiger charge is 2.26. The van der Waals surface area contributed by atoms with Gasteiger partial charge in [-0.3, -0.25) is 0 Å². The molecule has 532 valence electrons. The minimum atomic E-state index is 0.874. The van der Waals surface area contributed by atoms with Gasteiger partial charge in [-0.15, -0.1) is 22.7 Å². The van der Waals surface area contributed by atoms with Crippen molar-refractivity contribution >= 4 is 151 Å². The van der Waals surface area contributed by atoms with E-state index in [1.54, 1.807) is 0 Å². The predicted molar refractivity (Wildman–Crippen MR) is 485 cm³/mol. The van der Waals surface area contributed by atoms with Crippen LogP contribution in [0.1, 0.15) is 0 Å². The average molecular weight is 1490 g/mol. The molecule has 6 aromatic heterocycles. The van der Waals surface area contributed by atoms with Crippen molar-refractivity contribution in [3.8, 4) is 100 Å². The molecule has 0 unspecified atom stereocenters. The molecule has 0 saturated heterocycles. The van der Waals surface area contributed by atoms with Crippen LogP contribution < -0.4 is 0 Å². The fraction of sp³-hybridized carbons (Fsp3) is 0. The first kappa shape index (κ1) is 65.5. The standard InChI is InChI=1S/2C54H33NOS/c1-4-14-34(15-5-1)37-26-28-47-44(30-37)45-31-38(35-16-6-2-7-17-35)27-29-48(45)55(47)49-23-12-22-41-46-33-39(32-43(53(46)56-54(41)49)36-18-8-3-9-19-36)40-21-13-25-51-52(40)42-20-10-11-24-50(42)57-51;1-4-13-34(14-5-1)37-23-26-48-44(29-37)45-30-38(35-15-6-2-7-16-35)24-27-49(45)55(48)50-21-12-20-42-47-33-40(32-43(53(47)56-54(42)50)36-17-8-3-9-18-36)39-25-28-52-46(31-39)41-19-10-11-22-51(41)57-52/h2*1-33H. The monoisotopic (exact) mass is 1490 g/mol. The van der Waals surface area contributed by atoms with E-state index in [1.165, 1.54) is 129 Å². The maximum atomic E-state index is 7.19. The molecule has 18 aromatic carbocycles. The molecular formula is C108H66N2O2S2. The summed E-state index contributed by atoms with van der Waals surface area (Å²) in [5.41, 5.74) is 29.0. The van der Waals surface area contributed by atoms with Crippen molar-refractivity contribution in [3.63, 3.8) is 0 Å². The largest absolute Gasteiger partial charge is 0.453 e. The Morgan fingerprint density at radius 2 is 0.482 bits per heavy atom. The van der Waals surface area contributed by atoms with Crippen LogP contribution >= 0.6 is 22.7 Å². The lowest BCUT2D eigenvalue weighted by Gasteiger charge is -2.10. The number of para-hydroxylation sites is 2. The molecule has 0 bridgehead atoms. The van der Waals surface area contributed by atoms with E-state index < -0.39 is 0 Å². The number of rotatable bonds is 10. The van der Waals surface area contributed by atoms with Crippen molar-refractivity contribution in [2.45, 2.75) is 0 Å². The zero-order valence-corrected chi connectivity index (χ0v) is 63.3. The van der Waals surface area contributed by atoms with E-state index >= 15 is 0 Å². The van der Waals surface area contributed by atoms with E-state index in [4.69, 9.17) is 8.83 Å². The number of hydrogen-bond donors (Lipinski definition) is 0. The van der Waals surface area contributed by atoms with Crippen molar-refractivity contribution in [2.75, 3.05) is 0 Å². The summed E-state index contributed by atoms with van der Waals surface area (Å²) in [5.74, 6) is 0. The van der Waals surface area contributed by atoms with Crippen molar-refractivity contribution in [1.82, 2.24) is 9.13 Å². The molecule has 0 radical (unpaired) electrons. The molecular weight excluding hydrogens is 1420 g/mol. The second-order valence-electron chi connectivity index (χ2n) is 29.7. The van der Waals surface area contributed by atoms with Crippen LogP contribution in [0.4, 0.5) is 0 Å². The van der Waals surface area contributed by atoms with Crippen LogP contribution in [0.5, 0.6) is 0 Å². The normalized spacial score (nSPS) is 11.9. The van der Waals surface area contributed by atoms with Crippen molar-refractivity contribution in [2.24, 2.45) is 0 Å². The minimum Gasteiger partial charge on any atom is -0.453 e. The van der Waals surface area contributed by atoms with Gasteiger partial charge >= 0.3 is 0 Å². The molecule has 0 spiro atoms. The first-order chi connectivity index (χ1) is 56.5. The maximum Gasteiger partial charge on any atom is 0.159 e. The molecule has 0 aliphatic carbocycles. The number of aromatic nitrogens is 2. The third-order valence-corrected chi connectivity index (χ3v) is 25.5. The van der Waals surface area contributed by atoms with Gasteiger partial charge in [0.1, 0.15) is 11.2 Å². The molecule has 4 nitrogen and oxygen atoms in total. The molecule has 0 aliphatic heterocycles. The molecule has 6 heteroatoms. The number of nitrogens with zero attached hydrogens (tertiary/aromatic N) is 2. The Kier molecular flexibility index (Phi) is 15.3. The fourth-order valence-electron chi connectivity index (χ4n) is 17.8. The Hall–Kier alpha value is -14.4. The second kappa shape index (κ2) is 26.7. The molecule has 24 rings (SSSR count). The SMILES string of the molecule is c1ccc(-c2ccc3c(c2)c2cc(-c4ccccc4)ccc2n3-c2cccc3c2oc2c(-c4ccccc4)cc(-c4ccc5sc6ccccc6c5c4)cc23)cc1.c1ccc(-c2ccc3c(c2)c2cc(-c4ccccc4)ccc2n3-c2cccc3c2oc2c(-c4ccccc4)cc(-c4cccc5sc6ccccc6c45)cc23)cc1. The van der Waals surface area contributed by atoms with Crippen molar-refractivity contribution < 1.29 is 8.83 Å². The zero-order valence-electron chi connectivity index (χ0n) is 61.6. The van der Waals surface area contributed by atoms with E-state index in [0.717, 1.165) is 99.6 Å². The fourth-order valence-corrected chi connectivity index (χ4v) is 20.1. The Morgan fingerprint density at radius 3 is 0.939 bits per heavy atom. The topological polar surface area (TPSA) is 36.1 Å². The van der Waals surface area contributed by atoms with Crippen LogP contribution in [-0.4, -0.2) is 9.13 Å². The van der Waals surface area contributed by atoms with Gasteiger partial charge in [-0.25, -0.2) is 0 Å². The summed E-state index contributed by atoms with van der Waals surface area (Å²) in [5, 5.41) is 14.5. The van der Waals surface area contributed by atoms with Crippen molar-refractivity contribution in [3.05, 3.63) is 400 Å². The van der Waals surface area contributed by atoms with Gasteiger partial charge in [-0.05, 0) is 193 Å². The lowest BCUT2D eigenvalue weighted by atomic mass is 9.93. The molecule has 0 amide bonds. The first-order valence-electron chi connectivity index (χ1n) is 38.8. The Bertz CT molecular complexity index is 7750. The van der Waals surface area contributed by atoms with Crippen molar-refractivity contribution in [1.29, 1.82) is 0 Å². The summed E-state index contributed by atoms with van der Waals surface area (Å²) in [4.78, 5) is 0. The first-order valence-corrected chi connectivity index (χ1v) is 40.5. The van der Waals surface area contributed by atoms with Gasteiger partial charge in [0.25, 0.3) is 0 Å². The third-order valence-electron chi connectivity index (χ3n) is 23.2. The third kappa shape index (κ3) is 10.8. The van der Waals surface area contributed by atoms with E-state index in [1.807, 2.05) is 22.7 Å².